The highest BCUT2D eigenvalue weighted by atomic mass is 35.5. The van der Waals surface area contributed by atoms with E-state index in [1.54, 1.807) is 12.1 Å². The largest absolute Gasteiger partial charge is 0.489 e. The number of benzene rings is 2. The van der Waals surface area contributed by atoms with Gasteiger partial charge in [-0.1, -0.05) is 37.3 Å². The first-order chi connectivity index (χ1) is 9.29. The normalized spacial score (nSPS) is 9.90. The predicted octanol–water partition coefficient (Wildman–Crippen LogP) is 3.94. The van der Waals surface area contributed by atoms with Gasteiger partial charge >= 0.3 is 0 Å². The summed E-state index contributed by atoms with van der Waals surface area (Å²) < 4.78 is 18.6. The van der Waals surface area contributed by atoms with Crippen LogP contribution in [-0.2, 0) is 13.2 Å². The summed E-state index contributed by atoms with van der Waals surface area (Å²) in [5, 5.41) is 3.28. The van der Waals surface area contributed by atoms with Crippen molar-refractivity contribution in [3.05, 3.63) is 65.5 Å². The second-order valence-electron chi connectivity index (χ2n) is 4.30. The van der Waals surface area contributed by atoms with Crippen molar-refractivity contribution in [2.45, 2.75) is 20.1 Å². The maximum atomic E-state index is 12.8. The third kappa shape index (κ3) is 4.83. The molecule has 0 bridgehead atoms. The van der Waals surface area contributed by atoms with E-state index < -0.39 is 0 Å². The molecule has 1 N–H and O–H groups in total. The van der Waals surface area contributed by atoms with Gasteiger partial charge in [0.1, 0.15) is 18.2 Å². The van der Waals surface area contributed by atoms with E-state index in [9.17, 15) is 4.39 Å². The summed E-state index contributed by atoms with van der Waals surface area (Å²) in [5.41, 5.74) is 2.09. The van der Waals surface area contributed by atoms with Gasteiger partial charge in [-0.3, -0.25) is 0 Å². The van der Waals surface area contributed by atoms with Gasteiger partial charge < -0.3 is 10.1 Å². The molecule has 0 aliphatic heterocycles. The zero-order chi connectivity index (χ0) is 13.5. The summed E-state index contributed by atoms with van der Waals surface area (Å²) >= 11 is 0. The lowest BCUT2D eigenvalue weighted by Crippen LogP contribution is -2.12. The van der Waals surface area contributed by atoms with Crippen molar-refractivity contribution in [3.63, 3.8) is 0 Å². The van der Waals surface area contributed by atoms with E-state index in [4.69, 9.17) is 4.74 Å². The molecule has 0 radical (unpaired) electrons. The van der Waals surface area contributed by atoms with Crippen LogP contribution in [0.5, 0.6) is 5.75 Å². The molecule has 0 fully saturated rings. The van der Waals surface area contributed by atoms with Crippen molar-refractivity contribution in [1.29, 1.82) is 0 Å². The van der Waals surface area contributed by atoms with E-state index in [1.165, 1.54) is 12.1 Å². The molecule has 2 rings (SSSR count). The van der Waals surface area contributed by atoms with Gasteiger partial charge in [-0.05, 0) is 30.3 Å². The minimum Gasteiger partial charge on any atom is -0.489 e. The Bertz CT molecular complexity index is 516. The third-order valence-electron chi connectivity index (χ3n) is 2.85. The van der Waals surface area contributed by atoms with Crippen molar-refractivity contribution in [2.75, 3.05) is 6.54 Å². The van der Waals surface area contributed by atoms with Crippen LogP contribution < -0.4 is 10.1 Å². The number of halogens is 2. The molecule has 0 aromatic heterocycles. The maximum absolute atomic E-state index is 12.8. The first-order valence-electron chi connectivity index (χ1n) is 6.45. The van der Waals surface area contributed by atoms with Gasteiger partial charge in [0, 0.05) is 12.1 Å². The fraction of sp³-hybridized carbons (Fsp3) is 0.250. The average Bonchev–Trinajstić information content (AvgIpc) is 2.45. The van der Waals surface area contributed by atoms with Gasteiger partial charge in [0.15, 0.2) is 0 Å². The molecule has 2 aromatic rings. The maximum Gasteiger partial charge on any atom is 0.124 e. The Labute approximate surface area is 125 Å². The highest BCUT2D eigenvalue weighted by molar-refractivity contribution is 5.85. The smallest absolute Gasteiger partial charge is 0.124 e. The van der Waals surface area contributed by atoms with E-state index in [0.717, 1.165) is 30.0 Å². The summed E-state index contributed by atoms with van der Waals surface area (Å²) in [6.45, 7) is 4.23. The van der Waals surface area contributed by atoms with Crippen LogP contribution >= 0.6 is 12.4 Å². The predicted molar refractivity (Wildman–Crippen MR) is 81.8 cm³/mol. The lowest BCUT2D eigenvalue weighted by atomic mass is 10.2. The van der Waals surface area contributed by atoms with Gasteiger partial charge in [-0.25, -0.2) is 4.39 Å². The summed E-state index contributed by atoms with van der Waals surface area (Å²) in [6.07, 6.45) is 0. The Morgan fingerprint density at radius 3 is 2.45 bits per heavy atom. The number of ether oxygens (including phenoxy) is 1. The van der Waals surface area contributed by atoms with Gasteiger partial charge in [0.05, 0.1) is 0 Å². The van der Waals surface area contributed by atoms with E-state index >= 15 is 0 Å². The van der Waals surface area contributed by atoms with Crippen LogP contribution in [0, 0.1) is 5.82 Å². The second-order valence-corrected chi connectivity index (χ2v) is 4.30. The van der Waals surface area contributed by atoms with E-state index in [2.05, 4.69) is 12.2 Å². The molecule has 0 saturated carbocycles. The molecule has 0 heterocycles. The fourth-order valence-electron chi connectivity index (χ4n) is 1.79. The molecule has 0 aliphatic rings. The summed E-state index contributed by atoms with van der Waals surface area (Å²) in [6, 6.07) is 14.3. The Balaban J connectivity index is 0.00000200. The van der Waals surface area contributed by atoms with Crippen LogP contribution in [0.4, 0.5) is 4.39 Å². The van der Waals surface area contributed by atoms with Crippen molar-refractivity contribution in [3.8, 4) is 5.75 Å². The SMILES string of the molecule is CCNCc1ccccc1OCc1ccc(F)cc1.Cl. The molecule has 0 amide bonds. The summed E-state index contributed by atoms with van der Waals surface area (Å²) in [7, 11) is 0. The molecule has 4 heteroatoms. The van der Waals surface area contributed by atoms with Crippen molar-refractivity contribution >= 4 is 12.4 Å². The molecule has 20 heavy (non-hydrogen) atoms. The monoisotopic (exact) mass is 295 g/mol. The zero-order valence-corrected chi connectivity index (χ0v) is 12.3. The second kappa shape index (κ2) is 8.56. The standard InChI is InChI=1S/C16H18FNO.ClH/c1-2-18-11-14-5-3-4-6-16(14)19-12-13-7-9-15(17)10-8-13;/h3-10,18H,2,11-12H2,1H3;1H. The average molecular weight is 296 g/mol. The minimum atomic E-state index is -0.226. The molecule has 2 aromatic carbocycles. The van der Waals surface area contributed by atoms with Gasteiger partial charge in [-0.2, -0.15) is 0 Å². The Kier molecular flexibility index (Phi) is 7.05. The van der Waals surface area contributed by atoms with Crippen LogP contribution in [-0.4, -0.2) is 6.54 Å². The number of hydrogen-bond donors (Lipinski definition) is 1. The first kappa shape index (κ1) is 16.5. The Morgan fingerprint density at radius 1 is 1.05 bits per heavy atom. The fourth-order valence-corrected chi connectivity index (χ4v) is 1.79. The first-order valence-corrected chi connectivity index (χ1v) is 6.45. The van der Waals surface area contributed by atoms with E-state index in [1.807, 2.05) is 24.3 Å². The van der Waals surface area contributed by atoms with Crippen molar-refractivity contribution < 1.29 is 9.13 Å². The van der Waals surface area contributed by atoms with Crippen LogP contribution in [0.1, 0.15) is 18.1 Å². The number of nitrogens with one attached hydrogen (secondary N) is 1. The highest BCUT2D eigenvalue weighted by Crippen LogP contribution is 2.19. The molecule has 0 saturated heterocycles. The molecule has 0 aliphatic carbocycles. The number of hydrogen-bond acceptors (Lipinski definition) is 2. The van der Waals surface area contributed by atoms with Gasteiger partial charge in [0.25, 0.3) is 0 Å². The molecule has 0 atom stereocenters. The highest BCUT2D eigenvalue weighted by Gasteiger charge is 2.02. The molecular weight excluding hydrogens is 277 g/mol. The van der Waals surface area contributed by atoms with E-state index in [-0.39, 0.29) is 18.2 Å². The minimum absolute atomic E-state index is 0. The lowest BCUT2D eigenvalue weighted by molar-refractivity contribution is 0.302. The number of rotatable bonds is 6. The lowest BCUT2D eigenvalue weighted by Gasteiger charge is -2.11. The van der Waals surface area contributed by atoms with Crippen LogP contribution in [0.15, 0.2) is 48.5 Å². The van der Waals surface area contributed by atoms with E-state index in [0.29, 0.717) is 6.61 Å². The quantitative estimate of drug-likeness (QED) is 0.872. The van der Waals surface area contributed by atoms with Gasteiger partial charge in [-0.15, -0.1) is 12.4 Å². The molecule has 108 valence electrons. The molecule has 0 unspecified atom stereocenters. The summed E-state index contributed by atoms with van der Waals surface area (Å²) in [5.74, 6) is 0.643. The molecule has 2 nitrogen and oxygen atoms in total. The molecule has 0 spiro atoms. The Hall–Kier alpha value is -1.58. The zero-order valence-electron chi connectivity index (χ0n) is 11.4. The van der Waals surface area contributed by atoms with Gasteiger partial charge in [0.2, 0.25) is 0 Å². The molecular formula is C16H19ClFNO. The summed E-state index contributed by atoms with van der Waals surface area (Å²) in [4.78, 5) is 0. The van der Waals surface area contributed by atoms with Crippen molar-refractivity contribution in [2.24, 2.45) is 0 Å². The third-order valence-corrected chi connectivity index (χ3v) is 2.85. The number of para-hydroxylation sites is 1. The topological polar surface area (TPSA) is 21.3 Å². The van der Waals surface area contributed by atoms with Crippen LogP contribution in [0.3, 0.4) is 0 Å². The van der Waals surface area contributed by atoms with Crippen LogP contribution in [0.25, 0.3) is 0 Å². The van der Waals surface area contributed by atoms with Crippen molar-refractivity contribution in [1.82, 2.24) is 5.32 Å². The Morgan fingerprint density at radius 2 is 1.75 bits per heavy atom. The van der Waals surface area contributed by atoms with Crippen LogP contribution in [0.2, 0.25) is 0 Å².